The van der Waals surface area contributed by atoms with Crippen LogP contribution in [-0.4, -0.2) is 23.9 Å². The first kappa shape index (κ1) is 14.4. The van der Waals surface area contributed by atoms with Crippen molar-refractivity contribution in [2.45, 2.75) is 6.92 Å². The van der Waals surface area contributed by atoms with Gasteiger partial charge < -0.3 is 10.1 Å². The van der Waals surface area contributed by atoms with Crippen LogP contribution < -0.4 is 5.32 Å². The Bertz CT molecular complexity index is 551. The molecule has 0 fully saturated rings. The Morgan fingerprint density at radius 1 is 1.42 bits per heavy atom. The van der Waals surface area contributed by atoms with Crippen molar-refractivity contribution in [1.82, 2.24) is 5.32 Å². The van der Waals surface area contributed by atoms with E-state index in [0.29, 0.717) is 5.56 Å². The molecule has 1 N–H and O–H groups in total. The molecular formula is C12H12N2O5. The number of rotatable bonds is 4. The number of hydrogen-bond acceptors (Lipinski definition) is 5. The van der Waals surface area contributed by atoms with Crippen LogP contribution in [-0.2, 0) is 14.3 Å². The molecule has 1 amide bonds. The Morgan fingerprint density at radius 3 is 2.63 bits per heavy atom. The van der Waals surface area contributed by atoms with E-state index in [4.69, 9.17) is 0 Å². The van der Waals surface area contributed by atoms with E-state index in [2.05, 4.69) is 10.1 Å². The molecule has 0 saturated carbocycles. The predicted molar refractivity (Wildman–Crippen MR) is 66.9 cm³/mol. The highest BCUT2D eigenvalue weighted by molar-refractivity contribution is 5.95. The summed E-state index contributed by atoms with van der Waals surface area (Å²) in [6.07, 6.45) is 1.06. The fourth-order valence-electron chi connectivity index (χ4n) is 1.35. The van der Waals surface area contributed by atoms with E-state index in [-0.39, 0.29) is 11.4 Å². The molecule has 7 heteroatoms. The second-order valence-corrected chi connectivity index (χ2v) is 3.57. The van der Waals surface area contributed by atoms with Crippen LogP contribution in [0.1, 0.15) is 12.5 Å². The van der Waals surface area contributed by atoms with Gasteiger partial charge in [-0.05, 0) is 0 Å². The summed E-state index contributed by atoms with van der Waals surface area (Å²) >= 11 is 0. The summed E-state index contributed by atoms with van der Waals surface area (Å²) in [6, 6.07) is 5.57. The van der Waals surface area contributed by atoms with Gasteiger partial charge in [-0.2, -0.15) is 0 Å². The number of nitro groups is 1. The Hall–Kier alpha value is -2.70. The standard InChI is InChI=1S/C12H12N2O5/c1-8(15)13-11(7-12(16)19-2)9-4-3-5-10(6-9)14(17)18/h3-7H,1-2H3,(H,13,15)/b11-7-. The van der Waals surface area contributed by atoms with Gasteiger partial charge in [-0.1, -0.05) is 12.1 Å². The lowest BCUT2D eigenvalue weighted by Crippen LogP contribution is -2.19. The third-order valence-corrected chi connectivity index (χ3v) is 2.14. The van der Waals surface area contributed by atoms with Crippen molar-refractivity contribution in [3.05, 3.63) is 46.0 Å². The minimum atomic E-state index is -0.671. The Morgan fingerprint density at radius 2 is 2.11 bits per heavy atom. The van der Waals surface area contributed by atoms with E-state index >= 15 is 0 Å². The largest absolute Gasteiger partial charge is 0.466 e. The maximum atomic E-state index is 11.2. The molecule has 1 aromatic rings. The molecule has 0 bridgehead atoms. The van der Waals surface area contributed by atoms with Crippen LogP contribution in [0.3, 0.4) is 0 Å². The summed E-state index contributed by atoms with van der Waals surface area (Å²) in [5.74, 6) is -1.07. The molecule has 1 aromatic carbocycles. The molecular weight excluding hydrogens is 252 g/mol. The van der Waals surface area contributed by atoms with Gasteiger partial charge in [0, 0.05) is 30.7 Å². The number of carbonyl (C=O) groups is 2. The SMILES string of the molecule is COC(=O)/C=C(\NC(C)=O)c1cccc([N+](=O)[O-])c1. The highest BCUT2D eigenvalue weighted by Crippen LogP contribution is 2.18. The number of nitrogens with zero attached hydrogens (tertiary/aromatic N) is 1. The number of methoxy groups -OCH3 is 1. The molecule has 0 aliphatic heterocycles. The first-order chi connectivity index (χ1) is 8.93. The number of nitrogens with one attached hydrogen (secondary N) is 1. The number of carbonyl (C=O) groups excluding carboxylic acids is 2. The highest BCUT2D eigenvalue weighted by atomic mass is 16.6. The van der Waals surface area contributed by atoms with Crippen molar-refractivity contribution in [2.75, 3.05) is 7.11 Å². The van der Waals surface area contributed by atoms with Crippen molar-refractivity contribution in [1.29, 1.82) is 0 Å². The number of benzene rings is 1. The van der Waals surface area contributed by atoms with Gasteiger partial charge in [0.15, 0.2) is 0 Å². The van der Waals surface area contributed by atoms with Gasteiger partial charge in [-0.25, -0.2) is 4.79 Å². The molecule has 7 nitrogen and oxygen atoms in total. The molecule has 0 saturated heterocycles. The predicted octanol–water partition coefficient (Wildman–Crippen LogP) is 1.24. The molecule has 19 heavy (non-hydrogen) atoms. The maximum Gasteiger partial charge on any atom is 0.332 e. The van der Waals surface area contributed by atoms with Gasteiger partial charge in [0.1, 0.15) is 0 Å². The van der Waals surface area contributed by atoms with Crippen molar-refractivity contribution >= 4 is 23.3 Å². The Labute approximate surface area is 109 Å². The van der Waals surface area contributed by atoms with Gasteiger partial charge >= 0.3 is 5.97 Å². The third kappa shape index (κ3) is 4.23. The van der Waals surface area contributed by atoms with Crippen molar-refractivity contribution < 1.29 is 19.2 Å². The third-order valence-electron chi connectivity index (χ3n) is 2.14. The van der Waals surface area contributed by atoms with Crippen LogP contribution in [0.5, 0.6) is 0 Å². The maximum absolute atomic E-state index is 11.2. The number of ether oxygens (including phenoxy) is 1. The van der Waals surface area contributed by atoms with Crippen LogP contribution in [0, 0.1) is 10.1 Å². The number of non-ortho nitro benzene ring substituents is 1. The second kappa shape index (κ2) is 6.29. The molecule has 0 atom stereocenters. The lowest BCUT2D eigenvalue weighted by atomic mass is 10.1. The summed E-state index contributed by atoms with van der Waals surface area (Å²) in [5.41, 5.74) is 0.344. The zero-order valence-corrected chi connectivity index (χ0v) is 10.4. The zero-order chi connectivity index (χ0) is 14.4. The lowest BCUT2D eigenvalue weighted by Gasteiger charge is -2.07. The average molecular weight is 264 g/mol. The Kier molecular flexibility index (Phi) is 4.76. The van der Waals surface area contributed by atoms with Gasteiger partial charge in [0.05, 0.1) is 17.7 Å². The molecule has 1 rings (SSSR count). The molecule has 0 aromatic heterocycles. The molecule has 100 valence electrons. The van der Waals surface area contributed by atoms with Crippen molar-refractivity contribution in [3.63, 3.8) is 0 Å². The summed E-state index contributed by atoms with van der Waals surface area (Å²) in [7, 11) is 1.19. The summed E-state index contributed by atoms with van der Waals surface area (Å²) in [5, 5.41) is 13.1. The quantitative estimate of drug-likeness (QED) is 0.382. The first-order valence-corrected chi connectivity index (χ1v) is 5.26. The summed E-state index contributed by atoms with van der Waals surface area (Å²) in [6.45, 7) is 1.27. The van der Waals surface area contributed by atoms with Crippen LogP contribution >= 0.6 is 0 Å². The van der Waals surface area contributed by atoms with E-state index in [0.717, 1.165) is 6.08 Å². The van der Waals surface area contributed by atoms with Gasteiger partial charge in [0.25, 0.3) is 5.69 Å². The summed E-state index contributed by atoms with van der Waals surface area (Å²) in [4.78, 5) is 32.4. The fourth-order valence-corrected chi connectivity index (χ4v) is 1.35. The molecule has 0 spiro atoms. The highest BCUT2D eigenvalue weighted by Gasteiger charge is 2.11. The molecule has 0 unspecified atom stereocenters. The molecule has 0 heterocycles. The normalized spacial score (nSPS) is 10.7. The summed E-state index contributed by atoms with van der Waals surface area (Å²) < 4.78 is 4.46. The van der Waals surface area contributed by atoms with Crippen LogP contribution in [0.15, 0.2) is 30.3 Å². The fraction of sp³-hybridized carbons (Fsp3) is 0.167. The van der Waals surface area contributed by atoms with E-state index in [1.54, 1.807) is 0 Å². The topological polar surface area (TPSA) is 98.5 Å². The van der Waals surface area contributed by atoms with E-state index < -0.39 is 16.8 Å². The average Bonchev–Trinajstić information content (AvgIpc) is 2.37. The van der Waals surface area contributed by atoms with Crippen LogP contribution in [0.2, 0.25) is 0 Å². The minimum absolute atomic E-state index is 0.140. The first-order valence-electron chi connectivity index (χ1n) is 5.26. The van der Waals surface area contributed by atoms with Gasteiger partial charge in [-0.3, -0.25) is 14.9 Å². The van der Waals surface area contributed by atoms with Crippen molar-refractivity contribution in [3.8, 4) is 0 Å². The van der Waals surface area contributed by atoms with Crippen LogP contribution in [0.4, 0.5) is 5.69 Å². The Balaban J connectivity index is 3.20. The number of amides is 1. The van der Waals surface area contributed by atoms with E-state index in [1.807, 2.05) is 0 Å². The molecule has 0 radical (unpaired) electrons. The smallest absolute Gasteiger partial charge is 0.332 e. The molecule has 0 aliphatic carbocycles. The van der Waals surface area contributed by atoms with Crippen molar-refractivity contribution in [2.24, 2.45) is 0 Å². The number of hydrogen-bond donors (Lipinski definition) is 1. The van der Waals surface area contributed by atoms with Gasteiger partial charge in [-0.15, -0.1) is 0 Å². The van der Waals surface area contributed by atoms with Gasteiger partial charge in [0.2, 0.25) is 5.91 Å². The lowest BCUT2D eigenvalue weighted by molar-refractivity contribution is -0.384. The molecule has 0 aliphatic rings. The number of nitro benzene ring substituents is 1. The van der Waals surface area contributed by atoms with E-state index in [1.165, 1.54) is 38.3 Å². The zero-order valence-electron chi connectivity index (χ0n) is 10.4. The second-order valence-electron chi connectivity index (χ2n) is 3.57. The number of esters is 1. The monoisotopic (exact) mass is 264 g/mol. The minimum Gasteiger partial charge on any atom is -0.466 e. The van der Waals surface area contributed by atoms with Crippen LogP contribution in [0.25, 0.3) is 5.70 Å². The van der Waals surface area contributed by atoms with E-state index in [9.17, 15) is 19.7 Å².